The number of nitrogens with zero attached hydrogens (tertiary/aromatic N) is 2. The van der Waals surface area contributed by atoms with Crippen LogP contribution in [0.15, 0.2) is 36.5 Å². The summed E-state index contributed by atoms with van der Waals surface area (Å²) in [6.45, 7) is 5.59. The van der Waals surface area contributed by atoms with Crippen LogP contribution in [0.4, 0.5) is 0 Å². The zero-order valence-electron chi connectivity index (χ0n) is 13.1. The molecule has 0 saturated carbocycles. The molecule has 0 radical (unpaired) electrons. The van der Waals surface area contributed by atoms with Crippen LogP contribution >= 0.6 is 0 Å². The normalized spacial score (nSPS) is 16.8. The first-order valence-corrected chi connectivity index (χ1v) is 8.02. The summed E-state index contributed by atoms with van der Waals surface area (Å²) < 4.78 is 0. The standard InChI is InChI=1S/C18H23N3O/c1-14(22)20-12-15-7-10-21(11-8-15)13-16-4-2-6-18-17(16)5-3-9-19-18/h2-6,9,15H,7-8,10-13H2,1H3,(H,20,22). The van der Waals surface area contributed by atoms with Crippen molar-refractivity contribution in [2.24, 2.45) is 5.92 Å². The highest BCUT2D eigenvalue weighted by Crippen LogP contribution is 2.22. The molecule has 4 heteroatoms. The highest BCUT2D eigenvalue weighted by Gasteiger charge is 2.19. The van der Waals surface area contributed by atoms with Gasteiger partial charge in [0.15, 0.2) is 0 Å². The van der Waals surface area contributed by atoms with Crippen molar-refractivity contribution in [3.05, 3.63) is 42.1 Å². The van der Waals surface area contributed by atoms with Crippen LogP contribution in [0.2, 0.25) is 0 Å². The van der Waals surface area contributed by atoms with Crippen LogP contribution in [0.5, 0.6) is 0 Å². The Bertz CT molecular complexity index is 642. The molecule has 1 amide bonds. The number of amides is 1. The van der Waals surface area contributed by atoms with Gasteiger partial charge in [-0.15, -0.1) is 0 Å². The van der Waals surface area contributed by atoms with Gasteiger partial charge in [-0.3, -0.25) is 14.7 Å². The SMILES string of the molecule is CC(=O)NCC1CCN(Cc2cccc3ncccc23)CC1. The highest BCUT2D eigenvalue weighted by molar-refractivity contribution is 5.81. The molecule has 0 atom stereocenters. The molecule has 22 heavy (non-hydrogen) atoms. The lowest BCUT2D eigenvalue weighted by molar-refractivity contribution is -0.119. The third-order valence-electron chi connectivity index (χ3n) is 4.48. The number of carbonyl (C=O) groups is 1. The van der Waals surface area contributed by atoms with Crippen LogP contribution < -0.4 is 5.32 Å². The van der Waals surface area contributed by atoms with Gasteiger partial charge in [-0.05, 0) is 49.5 Å². The fourth-order valence-corrected chi connectivity index (χ4v) is 3.18. The minimum absolute atomic E-state index is 0.0747. The van der Waals surface area contributed by atoms with Crippen LogP contribution in [-0.2, 0) is 11.3 Å². The first kappa shape index (κ1) is 15.0. The van der Waals surface area contributed by atoms with E-state index in [4.69, 9.17) is 0 Å². The van der Waals surface area contributed by atoms with Crippen molar-refractivity contribution in [2.45, 2.75) is 26.3 Å². The van der Waals surface area contributed by atoms with E-state index in [2.05, 4.69) is 39.5 Å². The number of hydrogen-bond acceptors (Lipinski definition) is 3. The van der Waals surface area contributed by atoms with Gasteiger partial charge in [0.1, 0.15) is 0 Å². The average molecular weight is 297 g/mol. The summed E-state index contributed by atoms with van der Waals surface area (Å²) in [6, 6.07) is 10.5. The Hall–Kier alpha value is -1.94. The predicted molar refractivity (Wildman–Crippen MR) is 88.4 cm³/mol. The molecular formula is C18H23N3O. The Labute approximate surface area is 131 Å². The number of piperidine rings is 1. The number of benzene rings is 1. The van der Waals surface area contributed by atoms with Crippen molar-refractivity contribution >= 4 is 16.8 Å². The summed E-state index contributed by atoms with van der Waals surface area (Å²) in [4.78, 5) is 17.9. The first-order valence-electron chi connectivity index (χ1n) is 8.02. The minimum atomic E-state index is 0.0747. The van der Waals surface area contributed by atoms with Gasteiger partial charge in [0.2, 0.25) is 5.91 Å². The van der Waals surface area contributed by atoms with Crippen molar-refractivity contribution in [1.82, 2.24) is 15.2 Å². The Morgan fingerprint density at radius 3 is 2.86 bits per heavy atom. The molecule has 1 aromatic carbocycles. The molecule has 1 saturated heterocycles. The highest BCUT2D eigenvalue weighted by atomic mass is 16.1. The number of fused-ring (bicyclic) bond motifs is 1. The quantitative estimate of drug-likeness (QED) is 0.943. The fraction of sp³-hybridized carbons (Fsp3) is 0.444. The maximum atomic E-state index is 11.0. The topological polar surface area (TPSA) is 45.2 Å². The van der Waals surface area contributed by atoms with Crippen LogP contribution in [-0.4, -0.2) is 35.4 Å². The van der Waals surface area contributed by atoms with E-state index in [0.717, 1.165) is 44.5 Å². The molecule has 1 aliphatic heterocycles. The molecule has 0 aliphatic carbocycles. The average Bonchev–Trinajstić information content (AvgIpc) is 2.54. The fourth-order valence-electron chi connectivity index (χ4n) is 3.18. The number of carbonyl (C=O) groups excluding carboxylic acids is 1. The summed E-state index contributed by atoms with van der Waals surface area (Å²) >= 11 is 0. The van der Waals surface area contributed by atoms with E-state index in [-0.39, 0.29) is 5.91 Å². The molecule has 2 heterocycles. The molecule has 116 valence electrons. The number of rotatable bonds is 4. The zero-order chi connectivity index (χ0) is 15.4. The predicted octanol–water partition coefficient (Wildman–Crippen LogP) is 2.58. The van der Waals surface area contributed by atoms with E-state index < -0.39 is 0 Å². The summed E-state index contributed by atoms with van der Waals surface area (Å²) in [5.41, 5.74) is 2.42. The van der Waals surface area contributed by atoms with Gasteiger partial charge in [0, 0.05) is 31.6 Å². The van der Waals surface area contributed by atoms with Gasteiger partial charge in [-0.25, -0.2) is 0 Å². The van der Waals surface area contributed by atoms with Crippen LogP contribution in [0, 0.1) is 5.92 Å². The summed E-state index contributed by atoms with van der Waals surface area (Å²) in [5, 5.41) is 4.19. The summed E-state index contributed by atoms with van der Waals surface area (Å²) in [5.74, 6) is 0.694. The van der Waals surface area contributed by atoms with Crippen molar-refractivity contribution in [3.63, 3.8) is 0 Å². The molecule has 0 unspecified atom stereocenters. The Morgan fingerprint density at radius 2 is 2.09 bits per heavy atom. The second-order valence-electron chi connectivity index (χ2n) is 6.14. The molecule has 1 aliphatic rings. The largest absolute Gasteiger partial charge is 0.356 e. The molecule has 0 bridgehead atoms. The second-order valence-corrected chi connectivity index (χ2v) is 6.14. The molecular weight excluding hydrogens is 274 g/mol. The van der Waals surface area contributed by atoms with Gasteiger partial charge < -0.3 is 5.32 Å². The molecule has 2 aromatic rings. The van der Waals surface area contributed by atoms with Crippen LogP contribution in [0.25, 0.3) is 10.9 Å². The number of hydrogen-bond donors (Lipinski definition) is 1. The van der Waals surface area contributed by atoms with E-state index >= 15 is 0 Å². The maximum Gasteiger partial charge on any atom is 0.216 e. The smallest absolute Gasteiger partial charge is 0.216 e. The van der Waals surface area contributed by atoms with Gasteiger partial charge in [0.05, 0.1) is 5.52 Å². The van der Waals surface area contributed by atoms with E-state index in [1.165, 1.54) is 10.9 Å². The van der Waals surface area contributed by atoms with Crippen molar-refractivity contribution in [1.29, 1.82) is 0 Å². The molecule has 0 spiro atoms. The summed E-state index contributed by atoms with van der Waals surface area (Å²) in [6.07, 6.45) is 4.16. The Morgan fingerprint density at radius 1 is 1.27 bits per heavy atom. The Balaban J connectivity index is 1.59. The van der Waals surface area contributed by atoms with Crippen LogP contribution in [0.1, 0.15) is 25.3 Å². The molecule has 3 rings (SSSR count). The third kappa shape index (κ3) is 3.63. The molecule has 4 nitrogen and oxygen atoms in total. The maximum absolute atomic E-state index is 11.0. The van der Waals surface area contributed by atoms with Crippen molar-refractivity contribution < 1.29 is 4.79 Å². The third-order valence-corrected chi connectivity index (χ3v) is 4.48. The number of pyridine rings is 1. The van der Waals surface area contributed by atoms with E-state index in [1.54, 1.807) is 6.92 Å². The van der Waals surface area contributed by atoms with Crippen molar-refractivity contribution in [2.75, 3.05) is 19.6 Å². The molecule has 1 fully saturated rings. The molecule has 1 aromatic heterocycles. The lowest BCUT2D eigenvalue weighted by Gasteiger charge is -2.32. The van der Waals surface area contributed by atoms with E-state index in [1.807, 2.05) is 12.3 Å². The van der Waals surface area contributed by atoms with E-state index in [0.29, 0.717) is 5.92 Å². The zero-order valence-corrected chi connectivity index (χ0v) is 13.1. The minimum Gasteiger partial charge on any atom is -0.356 e. The van der Waals surface area contributed by atoms with Gasteiger partial charge in [-0.2, -0.15) is 0 Å². The van der Waals surface area contributed by atoms with Gasteiger partial charge in [-0.1, -0.05) is 18.2 Å². The lowest BCUT2D eigenvalue weighted by Crippen LogP contribution is -2.37. The number of likely N-dealkylation sites (tertiary alicyclic amines) is 1. The second kappa shape index (κ2) is 6.88. The summed E-state index contributed by atoms with van der Waals surface area (Å²) in [7, 11) is 0. The molecule has 1 N–H and O–H groups in total. The van der Waals surface area contributed by atoms with Gasteiger partial charge in [0.25, 0.3) is 0 Å². The Kier molecular flexibility index (Phi) is 4.68. The number of aromatic nitrogens is 1. The van der Waals surface area contributed by atoms with E-state index in [9.17, 15) is 4.79 Å². The van der Waals surface area contributed by atoms with Crippen molar-refractivity contribution in [3.8, 4) is 0 Å². The first-order chi connectivity index (χ1) is 10.7. The number of nitrogens with one attached hydrogen (secondary N) is 1. The van der Waals surface area contributed by atoms with Gasteiger partial charge >= 0.3 is 0 Å². The monoisotopic (exact) mass is 297 g/mol. The lowest BCUT2D eigenvalue weighted by atomic mass is 9.96. The van der Waals surface area contributed by atoms with Crippen LogP contribution in [0.3, 0.4) is 0 Å².